The molecule has 114 valence electrons. The average Bonchev–Trinajstić information content (AvgIpc) is 2.90. The van der Waals surface area contributed by atoms with Gasteiger partial charge in [0.1, 0.15) is 0 Å². The summed E-state index contributed by atoms with van der Waals surface area (Å²) in [6, 6.07) is 8.56. The molecule has 0 aliphatic carbocycles. The monoisotopic (exact) mass is 369 g/mol. The summed E-state index contributed by atoms with van der Waals surface area (Å²) in [5, 5.41) is 8.91. The Morgan fingerprint density at radius 1 is 1.33 bits per heavy atom. The fraction of sp³-hybridized carbons (Fsp3) is 0.438. The molecule has 21 heavy (non-hydrogen) atoms. The summed E-state index contributed by atoms with van der Waals surface area (Å²) < 4.78 is 3.06. The lowest BCUT2D eigenvalue weighted by Crippen LogP contribution is -2.23. The molecule has 0 saturated heterocycles. The molecule has 1 aromatic carbocycles. The highest BCUT2D eigenvalue weighted by Gasteiger charge is 2.16. The highest BCUT2D eigenvalue weighted by atomic mass is 79.9. The number of aromatic nitrogens is 2. The van der Waals surface area contributed by atoms with Crippen LogP contribution < -0.4 is 5.32 Å². The second-order valence-electron chi connectivity index (χ2n) is 5.36. The van der Waals surface area contributed by atoms with Gasteiger partial charge in [-0.25, -0.2) is 0 Å². The second kappa shape index (κ2) is 7.43. The van der Waals surface area contributed by atoms with Crippen molar-refractivity contribution in [3.8, 4) is 0 Å². The molecule has 0 amide bonds. The summed E-state index contributed by atoms with van der Waals surface area (Å²) in [6.45, 7) is 7.27. The lowest BCUT2D eigenvalue weighted by atomic mass is 10.0. The minimum atomic E-state index is 0.193. The fourth-order valence-corrected chi connectivity index (χ4v) is 3.01. The van der Waals surface area contributed by atoms with Crippen LogP contribution in [0.5, 0.6) is 0 Å². The van der Waals surface area contributed by atoms with E-state index in [4.69, 9.17) is 11.6 Å². The van der Waals surface area contributed by atoms with Crippen LogP contribution in [0.4, 0.5) is 0 Å². The van der Waals surface area contributed by atoms with E-state index < -0.39 is 0 Å². The molecule has 3 nitrogen and oxygen atoms in total. The maximum atomic E-state index is 6.14. The summed E-state index contributed by atoms with van der Waals surface area (Å²) in [4.78, 5) is 0. The van der Waals surface area contributed by atoms with Gasteiger partial charge in [0.15, 0.2) is 0 Å². The summed E-state index contributed by atoms with van der Waals surface area (Å²) in [5.74, 6) is 0. The summed E-state index contributed by atoms with van der Waals surface area (Å²) in [5.41, 5.74) is 2.25. The van der Waals surface area contributed by atoms with Gasteiger partial charge in [-0.2, -0.15) is 5.10 Å². The second-order valence-corrected chi connectivity index (χ2v) is 6.65. The van der Waals surface area contributed by atoms with Crippen molar-refractivity contribution in [3.63, 3.8) is 0 Å². The van der Waals surface area contributed by atoms with Crippen LogP contribution in [0.3, 0.4) is 0 Å². The Bertz CT molecular complexity index is 595. The Morgan fingerprint density at radius 3 is 2.71 bits per heavy atom. The lowest BCUT2D eigenvalue weighted by molar-refractivity contribution is 0.506. The number of halogens is 2. The Hall–Kier alpha value is -0.840. The van der Waals surface area contributed by atoms with Crippen LogP contribution in [-0.2, 0) is 6.42 Å². The number of hydrogen-bond acceptors (Lipinski definition) is 2. The van der Waals surface area contributed by atoms with Crippen LogP contribution in [0.15, 0.2) is 34.9 Å². The molecule has 0 aliphatic rings. The first-order valence-corrected chi connectivity index (χ1v) is 8.40. The van der Waals surface area contributed by atoms with E-state index in [1.807, 2.05) is 29.1 Å². The Morgan fingerprint density at radius 2 is 2.10 bits per heavy atom. The summed E-state index contributed by atoms with van der Waals surface area (Å²) in [7, 11) is 0. The smallest absolute Gasteiger partial charge is 0.0643 e. The van der Waals surface area contributed by atoms with Crippen LogP contribution >= 0.6 is 27.5 Å². The standard InChI is InChI=1S/C16H21BrClN3/c1-4-19-16(14-9-12(18)5-6-15(14)17)10-13-7-8-21(20-13)11(2)3/h5-9,11,16,19H,4,10H2,1-3H3. The average molecular weight is 371 g/mol. The fourth-order valence-electron chi connectivity index (χ4n) is 2.30. The van der Waals surface area contributed by atoms with Crippen molar-refractivity contribution in [3.05, 3.63) is 51.2 Å². The first-order valence-electron chi connectivity index (χ1n) is 7.23. The van der Waals surface area contributed by atoms with E-state index in [1.54, 1.807) is 0 Å². The van der Waals surface area contributed by atoms with Crippen molar-refractivity contribution in [2.24, 2.45) is 0 Å². The molecule has 0 aliphatic heterocycles. The molecule has 0 saturated carbocycles. The highest BCUT2D eigenvalue weighted by molar-refractivity contribution is 9.10. The summed E-state index contributed by atoms with van der Waals surface area (Å²) >= 11 is 9.76. The van der Waals surface area contributed by atoms with Gasteiger partial charge in [-0.1, -0.05) is 34.5 Å². The molecule has 1 N–H and O–H groups in total. The topological polar surface area (TPSA) is 29.9 Å². The molecule has 0 radical (unpaired) electrons. The number of hydrogen-bond donors (Lipinski definition) is 1. The molecule has 1 unspecified atom stereocenters. The van der Waals surface area contributed by atoms with Crippen LogP contribution in [0, 0.1) is 0 Å². The van der Waals surface area contributed by atoms with E-state index in [1.165, 1.54) is 5.56 Å². The van der Waals surface area contributed by atoms with Crippen LogP contribution in [-0.4, -0.2) is 16.3 Å². The summed E-state index contributed by atoms with van der Waals surface area (Å²) in [6.07, 6.45) is 2.88. The normalized spacial score (nSPS) is 12.9. The van der Waals surface area contributed by atoms with Gasteiger partial charge in [0.25, 0.3) is 0 Å². The Balaban J connectivity index is 2.23. The largest absolute Gasteiger partial charge is 0.310 e. The van der Waals surface area contributed by atoms with Gasteiger partial charge < -0.3 is 5.32 Å². The van der Waals surface area contributed by atoms with Crippen molar-refractivity contribution in [1.29, 1.82) is 0 Å². The van der Waals surface area contributed by atoms with E-state index in [0.717, 1.165) is 28.2 Å². The van der Waals surface area contributed by atoms with E-state index in [-0.39, 0.29) is 6.04 Å². The SMILES string of the molecule is CCNC(Cc1ccn(C(C)C)n1)c1cc(Cl)ccc1Br. The van der Waals surface area contributed by atoms with Gasteiger partial charge in [0, 0.05) is 34.2 Å². The zero-order chi connectivity index (χ0) is 15.4. The Labute approximate surface area is 139 Å². The number of nitrogens with zero attached hydrogens (tertiary/aromatic N) is 2. The number of likely N-dealkylation sites (N-methyl/N-ethyl adjacent to an activating group) is 1. The maximum Gasteiger partial charge on any atom is 0.0643 e. The van der Waals surface area contributed by atoms with Gasteiger partial charge in [0.05, 0.1) is 5.69 Å². The third kappa shape index (κ3) is 4.31. The van der Waals surface area contributed by atoms with Crippen molar-refractivity contribution >= 4 is 27.5 Å². The predicted octanol–water partition coefficient (Wildman–Crippen LogP) is 4.77. The first kappa shape index (κ1) is 16.5. The molecule has 0 bridgehead atoms. The molecule has 1 aromatic heterocycles. The van der Waals surface area contributed by atoms with Crippen LogP contribution in [0.2, 0.25) is 5.02 Å². The third-order valence-corrected chi connectivity index (χ3v) is 4.35. The zero-order valence-corrected chi connectivity index (χ0v) is 14.9. The van der Waals surface area contributed by atoms with E-state index in [0.29, 0.717) is 6.04 Å². The molecule has 1 heterocycles. The Kier molecular flexibility index (Phi) is 5.85. The van der Waals surface area contributed by atoms with Gasteiger partial charge in [-0.15, -0.1) is 0 Å². The molecule has 2 rings (SSSR count). The van der Waals surface area contributed by atoms with Gasteiger partial charge in [0.2, 0.25) is 0 Å². The molecular formula is C16H21BrClN3. The number of rotatable bonds is 6. The predicted molar refractivity (Wildman–Crippen MR) is 91.9 cm³/mol. The van der Waals surface area contributed by atoms with Crippen molar-refractivity contribution in [2.75, 3.05) is 6.54 Å². The molecule has 5 heteroatoms. The van der Waals surface area contributed by atoms with E-state index in [9.17, 15) is 0 Å². The highest BCUT2D eigenvalue weighted by Crippen LogP contribution is 2.28. The van der Waals surface area contributed by atoms with Gasteiger partial charge in [-0.05, 0) is 50.2 Å². The zero-order valence-electron chi connectivity index (χ0n) is 12.6. The van der Waals surface area contributed by atoms with E-state index in [2.05, 4.69) is 53.2 Å². The molecular weight excluding hydrogens is 350 g/mol. The minimum absolute atomic E-state index is 0.193. The van der Waals surface area contributed by atoms with Gasteiger partial charge >= 0.3 is 0 Å². The van der Waals surface area contributed by atoms with Crippen molar-refractivity contribution in [1.82, 2.24) is 15.1 Å². The maximum absolute atomic E-state index is 6.14. The van der Waals surface area contributed by atoms with Crippen LogP contribution in [0.1, 0.15) is 44.1 Å². The molecule has 2 aromatic rings. The van der Waals surface area contributed by atoms with Crippen molar-refractivity contribution < 1.29 is 0 Å². The minimum Gasteiger partial charge on any atom is -0.310 e. The molecule has 0 spiro atoms. The first-order chi connectivity index (χ1) is 10.0. The third-order valence-electron chi connectivity index (χ3n) is 3.39. The lowest BCUT2D eigenvalue weighted by Gasteiger charge is -2.19. The molecule has 0 fully saturated rings. The van der Waals surface area contributed by atoms with E-state index >= 15 is 0 Å². The molecule has 1 atom stereocenters. The van der Waals surface area contributed by atoms with Gasteiger partial charge in [-0.3, -0.25) is 4.68 Å². The van der Waals surface area contributed by atoms with Crippen molar-refractivity contribution in [2.45, 2.75) is 39.3 Å². The number of nitrogens with one attached hydrogen (secondary N) is 1. The number of benzene rings is 1. The quantitative estimate of drug-likeness (QED) is 0.793. The van der Waals surface area contributed by atoms with Crippen LogP contribution in [0.25, 0.3) is 0 Å².